The number of rotatable bonds is 3. The van der Waals surface area contributed by atoms with Gasteiger partial charge < -0.3 is 20.8 Å². The summed E-state index contributed by atoms with van der Waals surface area (Å²) in [5.41, 5.74) is 11.2. The third-order valence-electron chi connectivity index (χ3n) is 6.87. The fourth-order valence-electron chi connectivity index (χ4n) is 5.39. The van der Waals surface area contributed by atoms with Gasteiger partial charge in [0.25, 0.3) is 5.91 Å². The number of hydrogen-bond donors (Lipinski definition) is 3. The Kier molecular flexibility index (Phi) is 5.48. The molecular weight excluding hydrogens is 416 g/mol. The molecule has 2 heterocycles. The van der Waals surface area contributed by atoms with Crippen LogP contribution < -0.4 is 5.73 Å². The molecule has 7 heteroatoms. The van der Waals surface area contributed by atoms with E-state index in [-0.39, 0.29) is 36.0 Å². The van der Waals surface area contributed by atoms with Crippen molar-refractivity contribution in [3.05, 3.63) is 94.5 Å². The van der Waals surface area contributed by atoms with E-state index in [9.17, 15) is 15.0 Å². The summed E-state index contributed by atoms with van der Waals surface area (Å²) in [6.07, 6.45) is 3.33. The van der Waals surface area contributed by atoms with Gasteiger partial charge in [-0.15, -0.1) is 0 Å². The van der Waals surface area contributed by atoms with Crippen molar-refractivity contribution in [2.24, 2.45) is 5.73 Å². The second-order valence-electron chi connectivity index (χ2n) is 9.07. The minimum Gasteiger partial charge on any atom is -0.507 e. The highest BCUT2D eigenvalue weighted by Gasteiger charge is 2.49. The van der Waals surface area contributed by atoms with Crippen LogP contribution in [-0.4, -0.2) is 55.9 Å². The van der Waals surface area contributed by atoms with Gasteiger partial charge in [-0.25, -0.2) is 0 Å². The summed E-state index contributed by atoms with van der Waals surface area (Å²) >= 11 is 0. The number of hydrazine groups is 1. The molecule has 2 unspecified atom stereocenters. The van der Waals surface area contributed by atoms with Crippen molar-refractivity contribution in [1.82, 2.24) is 14.9 Å². The van der Waals surface area contributed by atoms with Crippen molar-refractivity contribution in [2.45, 2.75) is 51.0 Å². The van der Waals surface area contributed by atoms with E-state index in [1.165, 1.54) is 17.2 Å². The number of carbonyl (C=O) groups excluding carboxylic acids is 1. The number of amides is 1. The van der Waals surface area contributed by atoms with Gasteiger partial charge in [0.1, 0.15) is 12.3 Å². The van der Waals surface area contributed by atoms with Crippen LogP contribution in [0.4, 0.5) is 0 Å². The summed E-state index contributed by atoms with van der Waals surface area (Å²) < 4.78 is 0. The molecule has 4 N–H and O–H groups in total. The monoisotopic (exact) mass is 446 g/mol. The summed E-state index contributed by atoms with van der Waals surface area (Å²) in [4.78, 5) is 15.3. The summed E-state index contributed by atoms with van der Waals surface area (Å²) in [6, 6.07) is 16.4. The molecule has 0 saturated carbocycles. The second kappa shape index (κ2) is 8.33. The summed E-state index contributed by atoms with van der Waals surface area (Å²) in [7, 11) is 0. The number of carbonyl (C=O) groups is 1. The van der Waals surface area contributed by atoms with E-state index in [0.717, 1.165) is 24.0 Å². The Morgan fingerprint density at radius 2 is 1.61 bits per heavy atom. The molecule has 1 fully saturated rings. The van der Waals surface area contributed by atoms with Crippen LogP contribution in [0.15, 0.2) is 72.3 Å². The predicted molar refractivity (Wildman–Crippen MR) is 125 cm³/mol. The SMILES string of the molecule is CC(C)N1C(=O)C2=C(O)C(O)C=CN2N(C2c3ccccc3CCc3ccccc32)C1CN. The van der Waals surface area contributed by atoms with Crippen LogP contribution in [0.3, 0.4) is 0 Å². The third-order valence-corrected chi connectivity index (χ3v) is 6.87. The Morgan fingerprint density at radius 3 is 2.15 bits per heavy atom. The lowest BCUT2D eigenvalue weighted by atomic mass is 9.92. The number of aliphatic hydroxyl groups is 2. The Bertz CT molecular complexity index is 1090. The second-order valence-corrected chi connectivity index (χ2v) is 9.07. The fraction of sp³-hybridized carbons (Fsp3) is 0.346. The van der Waals surface area contributed by atoms with Gasteiger partial charge in [-0.3, -0.25) is 9.80 Å². The average Bonchev–Trinajstić information content (AvgIpc) is 2.97. The standard InChI is InChI=1S/C26H30N4O3/c1-16(2)29-22(15-27)30(28-14-13-21(31)25(32)24(28)26(29)33)23-19-9-5-3-7-17(19)11-12-18-8-4-6-10-20(18)23/h3-10,13-14,16,21-23,31-32H,11-12,15,27H2,1-2H3. The first-order valence-electron chi connectivity index (χ1n) is 11.5. The topological polar surface area (TPSA) is 93.3 Å². The van der Waals surface area contributed by atoms with E-state index in [2.05, 4.69) is 41.4 Å². The predicted octanol–water partition coefficient (Wildman–Crippen LogP) is 2.59. The molecule has 1 aliphatic carbocycles. The molecule has 172 valence electrons. The van der Waals surface area contributed by atoms with Crippen molar-refractivity contribution in [3.8, 4) is 0 Å². The number of aryl methyl sites for hydroxylation is 2. The van der Waals surface area contributed by atoms with Gasteiger partial charge in [0, 0.05) is 18.8 Å². The first-order chi connectivity index (χ1) is 15.9. The van der Waals surface area contributed by atoms with Gasteiger partial charge >= 0.3 is 0 Å². The number of benzene rings is 2. The fourth-order valence-corrected chi connectivity index (χ4v) is 5.39. The average molecular weight is 447 g/mol. The minimum atomic E-state index is -1.22. The largest absolute Gasteiger partial charge is 0.507 e. The van der Waals surface area contributed by atoms with Crippen molar-refractivity contribution >= 4 is 5.91 Å². The van der Waals surface area contributed by atoms with Crippen LogP contribution in [0.2, 0.25) is 0 Å². The molecule has 2 aromatic carbocycles. The summed E-state index contributed by atoms with van der Waals surface area (Å²) in [5.74, 6) is -0.684. The van der Waals surface area contributed by atoms with E-state index < -0.39 is 12.3 Å². The molecule has 7 nitrogen and oxygen atoms in total. The maximum absolute atomic E-state index is 13.6. The molecule has 1 saturated heterocycles. The van der Waals surface area contributed by atoms with Crippen LogP contribution in [-0.2, 0) is 17.6 Å². The lowest BCUT2D eigenvalue weighted by molar-refractivity contribution is -0.169. The van der Waals surface area contributed by atoms with Crippen molar-refractivity contribution in [2.75, 3.05) is 6.54 Å². The quantitative estimate of drug-likeness (QED) is 0.671. The molecule has 2 aliphatic heterocycles. The van der Waals surface area contributed by atoms with Crippen molar-refractivity contribution in [1.29, 1.82) is 0 Å². The molecule has 3 aliphatic rings. The van der Waals surface area contributed by atoms with Gasteiger partial charge in [-0.2, -0.15) is 5.01 Å². The Balaban J connectivity index is 1.78. The Morgan fingerprint density at radius 1 is 1.03 bits per heavy atom. The molecule has 33 heavy (non-hydrogen) atoms. The van der Waals surface area contributed by atoms with Gasteiger partial charge in [-0.1, -0.05) is 48.5 Å². The van der Waals surface area contributed by atoms with E-state index in [1.807, 2.05) is 26.0 Å². The number of nitrogens with zero attached hydrogens (tertiary/aromatic N) is 3. The molecule has 1 amide bonds. The zero-order valence-electron chi connectivity index (χ0n) is 18.9. The first-order valence-corrected chi connectivity index (χ1v) is 11.5. The highest BCUT2D eigenvalue weighted by molar-refractivity contribution is 5.95. The smallest absolute Gasteiger partial charge is 0.277 e. The maximum atomic E-state index is 13.6. The van der Waals surface area contributed by atoms with E-state index >= 15 is 0 Å². The number of fused-ring (bicyclic) bond motifs is 3. The summed E-state index contributed by atoms with van der Waals surface area (Å²) in [5, 5.41) is 24.9. The zero-order valence-corrected chi connectivity index (χ0v) is 18.9. The first kappa shape index (κ1) is 21.7. The molecule has 0 radical (unpaired) electrons. The van der Waals surface area contributed by atoms with E-state index in [0.29, 0.717) is 0 Å². The summed E-state index contributed by atoms with van der Waals surface area (Å²) in [6.45, 7) is 4.10. The van der Waals surface area contributed by atoms with Gasteiger partial charge in [0.05, 0.1) is 6.04 Å². The molecule has 0 spiro atoms. The molecule has 0 aromatic heterocycles. The zero-order chi connectivity index (χ0) is 23.3. The Hall–Kier alpha value is -3.13. The van der Waals surface area contributed by atoms with Gasteiger partial charge in [0.15, 0.2) is 11.5 Å². The molecule has 5 rings (SSSR count). The van der Waals surface area contributed by atoms with E-state index in [1.54, 1.807) is 16.1 Å². The van der Waals surface area contributed by atoms with Gasteiger partial charge in [0.2, 0.25) is 0 Å². The number of aliphatic hydroxyl groups excluding tert-OH is 2. The van der Waals surface area contributed by atoms with Crippen molar-refractivity contribution in [3.63, 3.8) is 0 Å². The van der Waals surface area contributed by atoms with Gasteiger partial charge in [-0.05, 0) is 55.0 Å². The highest BCUT2D eigenvalue weighted by atomic mass is 16.3. The van der Waals surface area contributed by atoms with Crippen LogP contribution in [0, 0.1) is 0 Å². The third kappa shape index (κ3) is 3.35. The highest BCUT2D eigenvalue weighted by Crippen LogP contribution is 2.43. The molecule has 0 bridgehead atoms. The van der Waals surface area contributed by atoms with Crippen LogP contribution in [0.5, 0.6) is 0 Å². The maximum Gasteiger partial charge on any atom is 0.277 e. The van der Waals surface area contributed by atoms with Crippen LogP contribution in [0.1, 0.15) is 42.1 Å². The molecule has 2 atom stereocenters. The lowest BCUT2D eigenvalue weighted by Gasteiger charge is -2.54. The number of hydrogen-bond acceptors (Lipinski definition) is 6. The molecule has 2 aromatic rings. The normalized spacial score (nSPS) is 23.5. The lowest BCUT2D eigenvalue weighted by Crippen LogP contribution is -2.68. The number of nitrogens with two attached hydrogens (primary N) is 1. The van der Waals surface area contributed by atoms with Crippen molar-refractivity contribution < 1.29 is 15.0 Å². The van der Waals surface area contributed by atoms with Crippen LogP contribution >= 0.6 is 0 Å². The van der Waals surface area contributed by atoms with Crippen LogP contribution in [0.25, 0.3) is 0 Å². The molecular formula is C26H30N4O3. The Labute approximate surface area is 194 Å². The minimum absolute atomic E-state index is 0.0719. The van der Waals surface area contributed by atoms with E-state index in [4.69, 9.17) is 5.73 Å².